The van der Waals surface area contributed by atoms with Gasteiger partial charge in [0.1, 0.15) is 0 Å². The Balaban J connectivity index is 2.31. The highest BCUT2D eigenvalue weighted by molar-refractivity contribution is 5.99. The molecule has 0 radical (unpaired) electrons. The zero-order chi connectivity index (χ0) is 15.6. The molecule has 4 N–H and O–H groups in total. The molecule has 0 aromatic carbocycles. The van der Waals surface area contributed by atoms with Crippen LogP contribution in [0.25, 0.3) is 0 Å². The van der Waals surface area contributed by atoms with Crippen molar-refractivity contribution in [3.05, 3.63) is 24.2 Å². The Labute approximate surface area is 121 Å². The number of nitrogens with two attached hydrogens (primary N) is 1. The van der Waals surface area contributed by atoms with Gasteiger partial charge in [-0.05, 0) is 26.0 Å². The number of hydrogen-bond acceptors (Lipinski definition) is 5. The molecule has 0 saturated carbocycles. The molecule has 2 rings (SSSR count). The fourth-order valence-corrected chi connectivity index (χ4v) is 1.63. The lowest BCUT2D eigenvalue weighted by Gasteiger charge is -2.30. The molecule has 1 amide bonds. The minimum absolute atomic E-state index is 0.162. The van der Waals surface area contributed by atoms with Gasteiger partial charge in [0.2, 0.25) is 0 Å². The highest BCUT2D eigenvalue weighted by Crippen LogP contribution is 2.33. The van der Waals surface area contributed by atoms with E-state index in [2.05, 4.69) is 20.6 Å². The summed E-state index contributed by atoms with van der Waals surface area (Å²) in [5, 5.41) is 5.12. The third-order valence-corrected chi connectivity index (χ3v) is 2.74. The smallest absolute Gasteiger partial charge is 0.269 e. The third kappa shape index (κ3) is 3.10. The van der Waals surface area contributed by atoms with Crippen LogP contribution in [0.4, 0.5) is 16.0 Å². The van der Waals surface area contributed by atoms with Crippen molar-refractivity contribution in [2.45, 2.75) is 19.4 Å². The molecule has 0 bridgehead atoms. The van der Waals surface area contributed by atoms with E-state index < -0.39 is 11.4 Å². The van der Waals surface area contributed by atoms with E-state index in [1.165, 1.54) is 6.07 Å². The van der Waals surface area contributed by atoms with Crippen LogP contribution in [0.2, 0.25) is 0 Å². The van der Waals surface area contributed by atoms with Crippen molar-refractivity contribution < 1.29 is 13.9 Å². The van der Waals surface area contributed by atoms with Crippen molar-refractivity contribution in [1.82, 2.24) is 10.3 Å². The molecule has 0 fully saturated rings. The molecule has 1 aromatic heterocycles. The first-order valence-corrected chi connectivity index (χ1v) is 6.22. The number of carbonyl (C=O) groups excluding carboxylic acids is 1. The van der Waals surface area contributed by atoms with Crippen LogP contribution in [-0.2, 0) is 4.79 Å². The van der Waals surface area contributed by atoms with Crippen molar-refractivity contribution in [3.63, 3.8) is 0 Å². The molecular formula is C13H16FN5O2. The second-order valence-corrected chi connectivity index (χ2v) is 4.86. The van der Waals surface area contributed by atoms with Crippen LogP contribution in [0.1, 0.15) is 13.8 Å². The summed E-state index contributed by atoms with van der Waals surface area (Å²) in [7, 11) is 1.54. The van der Waals surface area contributed by atoms with Crippen LogP contribution in [0, 0.1) is 0 Å². The van der Waals surface area contributed by atoms with Crippen LogP contribution in [0.3, 0.4) is 0 Å². The van der Waals surface area contributed by atoms with Gasteiger partial charge in [-0.1, -0.05) is 0 Å². The molecule has 2 heterocycles. The van der Waals surface area contributed by atoms with Gasteiger partial charge in [0.05, 0.1) is 0 Å². The Bertz CT molecular complexity index is 639. The summed E-state index contributed by atoms with van der Waals surface area (Å²) < 4.78 is 18.9. The summed E-state index contributed by atoms with van der Waals surface area (Å²) in [6.45, 7) is 3.29. The fourth-order valence-electron chi connectivity index (χ4n) is 1.63. The second kappa shape index (κ2) is 5.39. The summed E-state index contributed by atoms with van der Waals surface area (Å²) in [6, 6.07) is 3.11. The highest BCUT2D eigenvalue weighted by Gasteiger charge is 2.36. The number of ether oxygens (including phenoxy) is 1. The number of hydrogen-bond donors (Lipinski definition) is 3. The van der Waals surface area contributed by atoms with E-state index in [4.69, 9.17) is 10.5 Å². The Hall–Kier alpha value is -2.64. The first-order chi connectivity index (χ1) is 9.83. The van der Waals surface area contributed by atoms with Gasteiger partial charge in [0, 0.05) is 13.2 Å². The van der Waals surface area contributed by atoms with Gasteiger partial charge in [-0.15, -0.1) is 0 Å². The molecule has 0 saturated heterocycles. The lowest BCUT2D eigenvalue weighted by Crippen LogP contribution is -2.45. The number of halogens is 1. The van der Waals surface area contributed by atoms with Gasteiger partial charge in [0.15, 0.2) is 34.6 Å². The van der Waals surface area contributed by atoms with E-state index in [1.807, 2.05) is 0 Å². The number of nitrogens with zero attached hydrogens (tertiary/aromatic N) is 2. The average molecular weight is 293 g/mol. The average Bonchev–Trinajstić information content (AvgIpc) is 2.40. The van der Waals surface area contributed by atoms with Crippen molar-refractivity contribution in [3.8, 4) is 5.75 Å². The monoisotopic (exact) mass is 293 g/mol. The summed E-state index contributed by atoms with van der Waals surface area (Å²) in [5.74, 6) is -0.541. The van der Waals surface area contributed by atoms with Crippen LogP contribution < -0.4 is 21.1 Å². The minimum Gasteiger partial charge on any atom is -0.474 e. The van der Waals surface area contributed by atoms with Crippen molar-refractivity contribution in [2.75, 3.05) is 12.4 Å². The summed E-state index contributed by atoms with van der Waals surface area (Å²) in [5.41, 5.74) is 4.52. The zero-order valence-electron chi connectivity index (χ0n) is 11.9. The molecule has 0 atom stereocenters. The van der Waals surface area contributed by atoms with Crippen molar-refractivity contribution in [2.24, 2.45) is 10.7 Å². The standard InChI is InChI=1S/C13H16FN5O2/c1-13(2)12(20)19-11-8(21-13)4-5-9(18-11)17-10(15)7(14)6-16-3/h4-6,16H,1-3H3,(H3,15,17,18,19,20). The quantitative estimate of drug-likeness (QED) is 0.574. The van der Waals surface area contributed by atoms with Gasteiger partial charge >= 0.3 is 0 Å². The maximum atomic E-state index is 13.4. The Morgan fingerprint density at radius 3 is 2.95 bits per heavy atom. The predicted octanol–water partition coefficient (Wildman–Crippen LogP) is 1.21. The number of carbonyl (C=O) groups is 1. The molecule has 7 nitrogen and oxygen atoms in total. The summed E-state index contributed by atoms with van der Waals surface area (Å²) in [6.07, 6.45) is 1.07. The predicted molar refractivity (Wildman–Crippen MR) is 77.1 cm³/mol. The second-order valence-electron chi connectivity index (χ2n) is 4.86. The van der Waals surface area contributed by atoms with Crippen molar-refractivity contribution in [1.29, 1.82) is 0 Å². The zero-order valence-corrected chi connectivity index (χ0v) is 11.9. The Kier molecular flexibility index (Phi) is 3.79. The van der Waals surface area contributed by atoms with Gasteiger partial charge in [-0.3, -0.25) is 4.79 Å². The number of aliphatic imine (C=N–C) groups is 1. The number of nitrogens with one attached hydrogen (secondary N) is 2. The number of fused-ring (bicyclic) bond motifs is 1. The van der Waals surface area contributed by atoms with Crippen LogP contribution in [0.5, 0.6) is 5.75 Å². The van der Waals surface area contributed by atoms with E-state index in [0.717, 1.165) is 6.20 Å². The van der Waals surface area contributed by atoms with Gasteiger partial charge in [-0.25, -0.2) is 14.4 Å². The number of amidine groups is 1. The molecule has 21 heavy (non-hydrogen) atoms. The number of aromatic nitrogens is 1. The first kappa shape index (κ1) is 14.8. The molecule has 112 valence electrons. The molecular weight excluding hydrogens is 277 g/mol. The van der Waals surface area contributed by atoms with Gasteiger partial charge in [-0.2, -0.15) is 0 Å². The van der Waals surface area contributed by atoms with E-state index in [1.54, 1.807) is 27.0 Å². The van der Waals surface area contributed by atoms with Gasteiger partial charge in [0.25, 0.3) is 5.91 Å². The van der Waals surface area contributed by atoms with E-state index in [9.17, 15) is 9.18 Å². The minimum atomic E-state index is -0.972. The van der Waals surface area contributed by atoms with Crippen molar-refractivity contribution >= 4 is 23.4 Å². The number of rotatable bonds is 3. The number of anilines is 1. The number of amides is 1. The Morgan fingerprint density at radius 2 is 2.29 bits per heavy atom. The van der Waals surface area contributed by atoms with Crippen LogP contribution >= 0.6 is 0 Å². The molecule has 1 aliphatic rings. The normalized spacial score (nSPS) is 17.6. The summed E-state index contributed by atoms with van der Waals surface area (Å²) in [4.78, 5) is 19.7. The molecule has 0 spiro atoms. The number of pyridine rings is 1. The van der Waals surface area contributed by atoms with Gasteiger partial charge < -0.3 is 21.1 Å². The molecule has 1 aliphatic heterocycles. The lowest BCUT2D eigenvalue weighted by atomic mass is 10.1. The van der Waals surface area contributed by atoms with Crippen LogP contribution in [-0.4, -0.2) is 29.4 Å². The summed E-state index contributed by atoms with van der Waals surface area (Å²) >= 11 is 0. The SMILES string of the molecule is CNC=C(F)C(N)=Nc1ccc2c(n1)NC(=O)C(C)(C)O2. The van der Waals surface area contributed by atoms with Crippen LogP contribution in [0.15, 0.2) is 29.2 Å². The molecule has 8 heteroatoms. The fraction of sp³-hybridized carbons (Fsp3) is 0.308. The molecule has 0 aliphatic carbocycles. The molecule has 1 aromatic rings. The van der Waals surface area contributed by atoms with E-state index >= 15 is 0 Å². The van der Waals surface area contributed by atoms with E-state index in [-0.39, 0.29) is 23.4 Å². The van der Waals surface area contributed by atoms with E-state index in [0.29, 0.717) is 5.75 Å². The molecule has 0 unspecified atom stereocenters. The lowest BCUT2D eigenvalue weighted by molar-refractivity contribution is -0.129. The third-order valence-electron chi connectivity index (χ3n) is 2.74. The topological polar surface area (TPSA) is 102 Å². The maximum absolute atomic E-state index is 13.4. The largest absolute Gasteiger partial charge is 0.474 e. The first-order valence-electron chi connectivity index (χ1n) is 6.22. The Morgan fingerprint density at radius 1 is 1.57 bits per heavy atom. The maximum Gasteiger partial charge on any atom is 0.269 e. The highest BCUT2D eigenvalue weighted by atomic mass is 19.1.